The predicted octanol–water partition coefficient (Wildman–Crippen LogP) is 3.55. The van der Waals surface area contributed by atoms with Crippen molar-refractivity contribution in [1.82, 2.24) is 4.90 Å². The average Bonchev–Trinajstić information content (AvgIpc) is 2.75. The number of carboxylic acid groups (broad SMARTS) is 1. The Morgan fingerprint density at radius 2 is 2.11 bits per heavy atom. The van der Waals surface area contributed by atoms with Gasteiger partial charge < -0.3 is 9.52 Å². The zero-order chi connectivity index (χ0) is 14.0. The van der Waals surface area contributed by atoms with E-state index in [9.17, 15) is 4.79 Å². The Bertz CT molecular complexity index is 450. The van der Waals surface area contributed by atoms with Crippen LogP contribution in [0.2, 0.25) is 0 Å². The predicted molar refractivity (Wildman–Crippen MR) is 73.3 cm³/mol. The fourth-order valence-electron chi connectivity index (χ4n) is 2.70. The molecule has 0 spiro atoms. The van der Waals surface area contributed by atoms with Gasteiger partial charge in [0.2, 0.25) is 5.76 Å². The molecule has 1 aliphatic heterocycles. The van der Waals surface area contributed by atoms with Crippen molar-refractivity contribution < 1.29 is 14.3 Å². The molecule has 1 atom stereocenters. The fourth-order valence-corrected chi connectivity index (χ4v) is 2.70. The second-order valence-corrected chi connectivity index (χ2v) is 6.24. The van der Waals surface area contributed by atoms with Crippen molar-refractivity contribution in [2.75, 3.05) is 13.1 Å². The summed E-state index contributed by atoms with van der Waals surface area (Å²) < 4.78 is 5.41. The van der Waals surface area contributed by atoms with Gasteiger partial charge in [0.15, 0.2) is 0 Å². The molecular formula is C15H23NO3. The first-order chi connectivity index (χ1) is 8.89. The molecule has 4 heteroatoms. The molecule has 1 aromatic heterocycles. The van der Waals surface area contributed by atoms with Crippen LogP contribution >= 0.6 is 0 Å². The first-order valence-electron chi connectivity index (χ1n) is 6.96. The van der Waals surface area contributed by atoms with Crippen LogP contribution in [0.4, 0.5) is 0 Å². The Labute approximate surface area is 114 Å². The highest BCUT2D eigenvalue weighted by Gasteiger charge is 2.27. The van der Waals surface area contributed by atoms with Gasteiger partial charge in [-0.3, -0.25) is 4.90 Å². The number of hydrogen-bond donors (Lipinski definition) is 1. The molecule has 106 valence electrons. The summed E-state index contributed by atoms with van der Waals surface area (Å²) in [6.07, 6.45) is 3.60. The van der Waals surface area contributed by atoms with Crippen LogP contribution in [0.15, 0.2) is 16.5 Å². The van der Waals surface area contributed by atoms with Crippen LogP contribution in [0, 0.1) is 5.41 Å². The Morgan fingerprint density at radius 1 is 1.37 bits per heavy atom. The minimum atomic E-state index is -1.00. The normalized spacial score (nSPS) is 21.8. The number of likely N-dealkylation sites (tertiary alicyclic amines) is 1. The second-order valence-electron chi connectivity index (χ2n) is 6.24. The molecule has 1 N–H and O–H groups in total. The van der Waals surface area contributed by atoms with Gasteiger partial charge in [0, 0.05) is 0 Å². The number of rotatable bonds is 3. The van der Waals surface area contributed by atoms with Crippen molar-refractivity contribution in [3.05, 3.63) is 23.7 Å². The molecule has 0 saturated carbocycles. The van der Waals surface area contributed by atoms with E-state index in [1.165, 1.54) is 25.3 Å². The van der Waals surface area contributed by atoms with E-state index in [0.29, 0.717) is 5.41 Å². The number of hydrogen-bond acceptors (Lipinski definition) is 3. The van der Waals surface area contributed by atoms with Crippen LogP contribution in [0.1, 0.15) is 62.4 Å². The second kappa shape index (κ2) is 5.37. The van der Waals surface area contributed by atoms with Crippen LogP contribution in [0.5, 0.6) is 0 Å². The largest absolute Gasteiger partial charge is 0.475 e. The van der Waals surface area contributed by atoms with Crippen molar-refractivity contribution >= 4 is 5.97 Å². The fraction of sp³-hybridized carbons (Fsp3) is 0.667. The molecule has 1 aromatic rings. The lowest BCUT2D eigenvalue weighted by Gasteiger charge is -2.27. The maximum atomic E-state index is 10.8. The quantitative estimate of drug-likeness (QED) is 0.908. The maximum Gasteiger partial charge on any atom is 0.371 e. The smallest absolute Gasteiger partial charge is 0.371 e. The van der Waals surface area contributed by atoms with Gasteiger partial charge in [-0.1, -0.05) is 13.8 Å². The van der Waals surface area contributed by atoms with Crippen LogP contribution in [-0.2, 0) is 0 Å². The first-order valence-corrected chi connectivity index (χ1v) is 6.96. The van der Waals surface area contributed by atoms with Crippen molar-refractivity contribution in [1.29, 1.82) is 0 Å². The average molecular weight is 265 g/mol. The molecule has 2 rings (SSSR count). The Morgan fingerprint density at radius 3 is 2.74 bits per heavy atom. The molecule has 19 heavy (non-hydrogen) atoms. The summed E-state index contributed by atoms with van der Waals surface area (Å²) in [7, 11) is 0. The summed E-state index contributed by atoms with van der Waals surface area (Å²) in [5, 5.41) is 8.90. The minimum Gasteiger partial charge on any atom is -0.475 e. The molecule has 1 aliphatic rings. The van der Waals surface area contributed by atoms with Gasteiger partial charge in [0.25, 0.3) is 0 Å². The zero-order valence-electron chi connectivity index (χ0n) is 12.0. The number of furan rings is 1. The van der Waals surface area contributed by atoms with Gasteiger partial charge in [0.1, 0.15) is 5.76 Å². The number of nitrogens with zero attached hydrogens (tertiary/aromatic N) is 1. The van der Waals surface area contributed by atoms with Gasteiger partial charge in [-0.2, -0.15) is 0 Å². The third-order valence-electron chi connectivity index (χ3n) is 4.17. The van der Waals surface area contributed by atoms with E-state index in [2.05, 4.69) is 25.7 Å². The molecule has 1 unspecified atom stereocenters. The summed E-state index contributed by atoms with van der Waals surface area (Å²) in [5.41, 5.74) is 0.407. The molecule has 0 radical (unpaired) electrons. The van der Waals surface area contributed by atoms with Crippen molar-refractivity contribution in [3.8, 4) is 0 Å². The molecule has 1 fully saturated rings. The van der Waals surface area contributed by atoms with Crippen molar-refractivity contribution in [2.24, 2.45) is 5.41 Å². The molecule has 0 aliphatic carbocycles. The molecular weight excluding hydrogens is 242 g/mol. The van der Waals surface area contributed by atoms with E-state index in [1.807, 2.05) is 0 Å². The van der Waals surface area contributed by atoms with Crippen LogP contribution in [0.3, 0.4) is 0 Å². The zero-order valence-corrected chi connectivity index (χ0v) is 12.0. The van der Waals surface area contributed by atoms with Crippen LogP contribution < -0.4 is 0 Å². The van der Waals surface area contributed by atoms with E-state index < -0.39 is 5.97 Å². The van der Waals surface area contributed by atoms with Gasteiger partial charge in [0.05, 0.1) is 6.04 Å². The maximum absolute atomic E-state index is 10.8. The van der Waals surface area contributed by atoms with E-state index in [1.54, 1.807) is 6.07 Å². The van der Waals surface area contributed by atoms with E-state index in [-0.39, 0.29) is 11.8 Å². The molecule has 0 aromatic carbocycles. The molecule has 0 amide bonds. The lowest BCUT2D eigenvalue weighted by atomic mass is 9.85. The summed E-state index contributed by atoms with van der Waals surface area (Å²) in [4.78, 5) is 13.2. The monoisotopic (exact) mass is 265 g/mol. The number of aromatic carboxylic acids is 1. The summed E-state index contributed by atoms with van der Waals surface area (Å²) >= 11 is 0. The molecule has 4 nitrogen and oxygen atoms in total. The lowest BCUT2D eigenvalue weighted by Crippen LogP contribution is -2.28. The van der Waals surface area contributed by atoms with Gasteiger partial charge in [-0.15, -0.1) is 0 Å². The van der Waals surface area contributed by atoms with Crippen LogP contribution in [-0.4, -0.2) is 29.1 Å². The summed E-state index contributed by atoms with van der Waals surface area (Å²) in [6.45, 7) is 8.81. The molecule has 1 saturated heterocycles. The number of carbonyl (C=O) groups is 1. The highest BCUT2D eigenvalue weighted by atomic mass is 16.4. The third-order valence-corrected chi connectivity index (χ3v) is 4.17. The molecule has 0 bridgehead atoms. The van der Waals surface area contributed by atoms with Gasteiger partial charge >= 0.3 is 5.97 Å². The SMILES string of the molecule is CC(c1ccc(C(=O)O)o1)N1CCCC(C)(C)CC1. The minimum absolute atomic E-state index is 0.0250. The van der Waals surface area contributed by atoms with E-state index in [4.69, 9.17) is 9.52 Å². The van der Waals surface area contributed by atoms with Gasteiger partial charge in [-0.05, 0) is 56.8 Å². The Kier molecular flexibility index (Phi) is 3.99. The summed E-state index contributed by atoms with van der Waals surface area (Å²) in [5.74, 6) is -0.232. The highest BCUT2D eigenvalue weighted by molar-refractivity contribution is 5.84. The standard InChI is InChI=1S/C15H23NO3/c1-11(12-5-6-13(19-12)14(17)18)16-9-4-7-15(2,3)8-10-16/h5-6,11H,4,7-10H2,1-3H3,(H,17,18). The highest BCUT2D eigenvalue weighted by Crippen LogP contribution is 2.33. The Balaban J connectivity index is 2.06. The topological polar surface area (TPSA) is 53.7 Å². The van der Waals surface area contributed by atoms with Crippen molar-refractivity contribution in [2.45, 2.75) is 46.1 Å². The summed E-state index contributed by atoms with van der Waals surface area (Å²) in [6, 6.07) is 3.46. The number of carboxylic acids is 1. The Hall–Kier alpha value is -1.29. The molecule has 2 heterocycles. The van der Waals surface area contributed by atoms with Gasteiger partial charge in [-0.25, -0.2) is 4.79 Å². The third kappa shape index (κ3) is 3.38. The lowest BCUT2D eigenvalue weighted by molar-refractivity contribution is 0.0656. The van der Waals surface area contributed by atoms with E-state index >= 15 is 0 Å². The van der Waals surface area contributed by atoms with Crippen molar-refractivity contribution in [3.63, 3.8) is 0 Å². The first kappa shape index (κ1) is 14.1. The van der Waals surface area contributed by atoms with Crippen LogP contribution in [0.25, 0.3) is 0 Å². The van der Waals surface area contributed by atoms with E-state index in [0.717, 1.165) is 18.8 Å².